The Hall–Kier alpha value is -2.88. The maximum absolute atomic E-state index is 12.2. The van der Waals surface area contributed by atoms with Crippen LogP contribution in [0, 0.1) is 0 Å². The summed E-state index contributed by atoms with van der Waals surface area (Å²) in [4.78, 5) is 23.3. The average molecular weight is 296 g/mol. The van der Waals surface area contributed by atoms with E-state index in [4.69, 9.17) is 9.47 Å². The van der Waals surface area contributed by atoms with Crippen LogP contribution in [-0.2, 0) is 11.2 Å². The summed E-state index contributed by atoms with van der Waals surface area (Å²) < 4.78 is 10.3. The van der Waals surface area contributed by atoms with Crippen LogP contribution >= 0.6 is 0 Å². The molecule has 22 heavy (non-hydrogen) atoms. The first kappa shape index (κ1) is 15.5. The second kappa shape index (κ2) is 7.22. The average Bonchev–Trinajstić information content (AvgIpc) is 2.49. The molecule has 0 aliphatic rings. The fourth-order valence-corrected chi connectivity index (χ4v) is 1.90. The number of hydrogen-bond donors (Lipinski definition) is 0. The summed E-state index contributed by atoms with van der Waals surface area (Å²) in [6.07, 6.45) is 2.56. The van der Waals surface area contributed by atoms with E-state index in [0.29, 0.717) is 5.75 Å². The molecular formula is C18H16O4. The highest BCUT2D eigenvalue weighted by Crippen LogP contribution is 2.21. The number of rotatable bonds is 5. The first-order valence-electron chi connectivity index (χ1n) is 6.79. The normalized spacial score (nSPS) is 9.86. The Labute approximate surface area is 129 Å². The Kier molecular flexibility index (Phi) is 5.09. The van der Waals surface area contributed by atoms with Crippen LogP contribution in [0.5, 0.6) is 11.5 Å². The molecule has 0 heterocycles. The number of allylic oxidation sites excluding steroid dienone is 1. The number of carbonyl (C=O) groups is 2. The molecule has 2 aromatic rings. The van der Waals surface area contributed by atoms with Gasteiger partial charge in [0.1, 0.15) is 17.1 Å². The first-order chi connectivity index (χ1) is 10.6. The van der Waals surface area contributed by atoms with Gasteiger partial charge in [-0.15, -0.1) is 6.58 Å². The monoisotopic (exact) mass is 296 g/mol. The molecule has 0 unspecified atom stereocenters. The minimum Gasteiger partial charge on any atom is -0.426 e. The highest BCUT2D eigenvalue weighted by molar-refractivity contribution is 5.94. The predicted octanol–water partition coefficient (Wildman–Crippen LogP) is 3.56. The van der Waals surface area contributed by atoms with Crippen molar-refractivity contribution in [3.63, 3.8) is 0 Å². The Morgan fingerprint density at radius 3 is 2.36 bits per heavy atom. The van der Waals surface area contributed by atoms with Gasteiger partial charge in [0, 0.05) is 6.92 Å². The maximum atomic E-state index is 12.2. The van der Waals surface area contributed by atoms with Crippen molar-refractivity contribution in [1.82, 2.24) is 0 Å². The van der Waals surface area contributed by atoms with E-state index in [2.05, 4.69) is 6.58 Å². The van der Waals surface area contributed by atoms with E-state index in [1.807, 2.05) is 12.1 Å². The Bertz CT molecular complexity index is 686. The van der Waals surface area contributed by atoms with Crippen LogP contribution in [0.4, 0.5) is 0 Å². The summed E-state index contributed by atoms with van der Waals surface area (Å²) >= 11 is 0. The summed E-state index contributed by atoms with van der Waals surface area (Å²) in [6, 6.07) is 13.6. The summed E-state index contributed by atoms with van der Waals surface area (Å²) in [5, 5.41) is 0. The topological polar surface area (TPSA) is 52.6 Å². The van der Waals surface area contributed by atoms with Gasteiger partial charge in [-0.05, 0) is 36.2 Å². The zero-order valence-corrected chi connectivity index (χ0v) is 12.2. The molecule has 0 spiro atoms. The fourth-order valence-electron chi connectivity index (χ4n) is 1.90. The third kappa shape index (κ3) is 4.06. The third-order valence-electron chi connectivity index (χ3n) is 2.87. The van der Waals surface area contributed by atoms with Crippen molar-refractivity contribution >= 4 is 11.9 Å². The van der Waals surface area contributed by atoms with Gasteiger partial charge in [-0.3, -0.25) is 4.79 Å². The van der Waals surface area contributed by atoms with Crippen LogP contribution in [0.1, 0.15) is 22.8 Å². The SMILES string of the molecule is C=CCc1ccc(OC(=O)c2ccccc2OC(C)=O)cc1. The van der Waals surface area contributed by atoms with Crippen molar-refractivity contribution in [1.29, 1.82) is 0 Å². The third-order valence-corrected chi connectivity index (χ3v) is 2.87. The molecule has 0 radical (unpaired) electrons. The lowest BCUT2D eigenvalue weighted by molar-refractivity contribution is -0.131. The van der Waals surface area contributed by atoms with E-state index in [1.54, 1.807) is 42.5 Å². The molecule has 4 heteroatoms. The number of ether oxygens (including phenoxy) is 2. The van der Waals surface area contributed by atoms with Crippen molar-refractivity contribution in [2.45, 2.75) is 13.3 Å². The van der Waals surface area contributed by atoms with E-state index in [9.17, 15) is 9.59 Å². The largest absolute Gasteiger partial charge is 0.426 e. The van der Waals surface area contributed by atoms with Gasteiger partial charge in [-0.2, -0.15) is 0 Å². The zero-order valence-electron chi connectivity index (χ0n) is 12.2. The number of esters is 2. The van der Waals surface area contributed by atoms with Crippen LogP contribution in [0.3, 0.4) is 0 Å². The second-order valence-corrected chi connectivity index (χ2v) is 4.62. The molecule has 0 aliphatic carbocycles. The molecule has 0 aromatic heterocycles. The number of para-hydroxylation sites is 1. The maximum Gasteiger partial charge on any atom is 0.347 e. The Balaban J connectivity index is 2.15. The van der Waals surface area contributed by atoms with Gasteiger partial charge in [0.2, 0.25) is 0 Å². The molecule has 0 aliphatic heterocycles. The van der Waals surface area contributed by atoms with Gasteiger partial charge in [0.15, 0.2) is 0 Å². The van der Waals surface area contributed by atoms with Gasteiger partial charge in [-0.1, -0.05) is 30.3 Å². The standard InChI is InChI=1S/C18H16O4/c1-3-6-14-9-11-15(12-10-14)22-18(20)16-7-4-5-8-17(16)21-13(2)19/h3-5,7-12H,1,6H2,2H3. The molecular weight excluding hydrogens is 280 g/mol. The molecule has 0 atom stereocenters. The van der Waals surface area contributed by atoms with Gasteiger partial charge in [0.05, 0.1) is 0 Å². The van der Waals surface area contributed by atoms with Gasteiger partial charge in [-0.25, -0.2) is 4.79 Å². The molecule has 0 fully saturated rings. The van der Waals surface area contributed by atoms with Crippen LogP contribution < -0.4 is 9.47 Å². The molecule has 4 nitrogen and oxygen atoms in total. The van der Waals surface area contributed by atoms with Crippen molar-refractivity contribution < 1.29 is 19.1 Å². The Morgan fingerprint density at radius 2 is 1.73 bits per heavy atom. The summed E-state index contributed by atoms with van der Waals surface area (Å²) in [6.45, 7) is 4.95. The summed E-state index contributed by atoms with van der Waals surface area (Å²) in [5.74, 6) is -0.457. The van der Waals surface area contributed by atoms with Crippen LogP contribution in [0.25, 0.3) is 0 Å². The highest BCUT2D eigenvalue weighted by Gasteiger charge is 2.15. The van der Waals surface area contributed by atoms with Gasteiger partial charge in [0.25, 0.3) is 0 Å². The van der Waals surface area contributed by atoms with Crippen LogP contribution in [0.15, 0.2) is 61.2 Å². The summed E-state index contributed by atoms with van der Waals surface area (Å²) in [7, 11) is 0. The lowest BCUT2D eigenvalue weighted by Crippen LogP contribution is -2.12. The minimum atomic E-state index is -0.576. The number of hydrogen-bond acceptors (Lipinski definition) is 4. The van der Waals surface area contributed by atoms with E-state index in [0.717, 1.165) is 12.0 Å². The zero-order chi connectivity index (χ0) is 15.9. The van der Waals surface area contributed by atoms with Crippen molar-refractivity contribution in [3.8, 4) is 11.5 Å². The van der Waals surface area contributed by atoms with Gasteiger partial charge < -0.3 is 9.47 Å². The predicted molar refractivity (Wildman–Crippen MR) is 83.1 cm³/mol. The second-order valence-electron chi connectivity index (χ2n) is 4.62. The quantitative estimate of drug-likeness (QED) is 0.481. The van der Waals surface area contributed by atoms with E-state index >= 15 is 0 Å². The molecule has 0 saturated carbocycles. The Morgan fingerprint density at radius 1 is 1.05 bits per heavy atom. The molecule has 0 saturated heterocycles. The minimum absolute atomic E-state index is 0.184. The number of benzene rings is 2. The van der Waals surface area contributed by atoms with Crippen molar-refractivity contribution in [3.05, 3.63) is 72.3 Å². The fraction of sp³-hybridized carbons (Fsp3) is 0.111. The van der Waals surface area contributed by atoms with Gasteiger partial charge >= 0.3 is 11.9 Å². The molecule has 2 rings (SSSR count). The van der Waals surface area contributed by atoms with Crippen molar-refractivity contribution in [2.24, 2.45) is 0 Å². The molecule has 0 N–H and O–H groups in total. The van der Waals surface area contributed by atoms with E-state index in [-0.39, 0.29) is 11.3 Å². The highest BCUT2D eigenvalue weighted by atomic mass is 16.5. The lowest BCUT2D eigenvalue weighted by Gasteiger charge is -2.09. The van der Waals surface area contributed by atoms with Crippen molar-refractivity contribution in [2.75, 3.05) is 0 Å². The van der Waals surface area contributed by atoms with E-state index in [1.165, 1.54) is 6.92 Å². The number of carbonyl (C=O) groups excluding carboxylic acids is 2. The lowest BCUT2D eigenvalue weighted by atomic mass is 10.1. The molecule has 112 valence electrons. The summed E-state index contributed by atoms with van der Waals surface area (Å²) in [5.41, 5.74) is 1.28. The van der Waals surface area contributed by atoms with Crippen LogP contribution in [0.2, 0.25) is 0 Å². The first-order valence-corrected chi connectivity index (χ1v) is 6.79. The molecule has 0 amide bonds. The molecule has 2 aromatic carbocycles. The molecule has 0 bridgehead atoms. The van der Waals surface area contributed by atoms with E-state index < -0.39 is 11.9 Å². The smallest absolute Gasteiger partial charge is 0.347 e. The van der Waals surface area contributed by atoms with Crippen LogP contribution in [-0.4, -0.2) is 11.9 Å².